The van der Waals surface area contributed by atoms with Crippen molar-refractivity contribution in [2.75, 3.05) is 12.3 Å². The first-order valence-corrected chi connectivity index (χ1v) is 6.97. The van der Waals surface area contributed by atoms with E-state index in [-0.39, 0.29) is 11.3 Å². The number of anilines is 1. The third-order valence-corrected chi connectivity index (χ3v) is 2.63. The molecule has 1 aromatic carbocycles. The number of amides is 1. The van der Waals surface area contributed by atoms with Crippen LogP contribution in [0.25, 0.3) is 6.08 Å². The van der Waals surface area contributed by atoms with Gasteiger partial charge in [0.05, 0.1) is 11.0 Å². The lowest BCUT2D eigenvalue weighted by atomic mass is 10.1. The molecule has 1 aromatic rings. The summed E-state index contributed by atoms with van der Waals surface area (Å²) in [7, 11) is 0. The number of nitrogens with one attached hydrogen (secondary N) is 1. The van der Waals surface area contributed by atoms with Crippen LogP contribution in [0.2, 0.25) is 0 Å². The zero-order valence-corrected chi connectivity index (χ0v) is 13.3. The molecule has 0 aromatic heterocycles. The van der Waals surface area contributed by atoms with Gasteiger partial charge in [-0.2, -0.15) is 0 Å². The highest BCUT2D eigenvalue weighted by Gasteiger charge is 2.16. The third-order valence-electron chi connectivity index (χ3n) is 2.63. The average Bonchev–Trinajstić information content (AvgIpc) is 2.39. The van der Waals surface area contributed by atoms with E-state index in [4.69, 9.17) is 10.5 Å². The molecule has 3 N–H and O–H groups in total. The Hall–Kier alpha value is -2.64. The maximum absolute atomic E-state index is 13.3. The van der Waals surface area contributed by atoms with E-state index in [0.29, 0.717) is 13.0 Å². The molecule has 0 bridgehead atoms. The molecule has 0 heterocycles. The number of nitrogens with two attached hydrogens (primary N) is 1. The molecule has 8 heteroatoms. The minimum atomic E-state index is -0.738. The Bertz CT molecular complexity index is 624. The number of nitrogen functional groups attached to an aromatic ring is 1. The minimum Gasteiger partial charge on any atom is -0.444 e. The van der Waals surface area contributed by atoms with Gasteiger partial charge in [0.15, 0.2) is 0 Å². The number of nitro benzene ring substituents is 1. The van der Waals surface area contributed by atoms with Gasteiger partial charge in [-0.25, -0.2) is 9.18 Å². The van der Waals surface area contributed by atoms with Gasteiger partial charge in [-0.1, -0.05) is 12.2 Å². The predicted octanol–water partition coefficient (Wildman–Crippen LogP) is 3.24. The van der Waals surface area contributed by atoms with Crippen LogP contribution in [0, 0.1) is 15.9 Å². The molecule has 0 fully saturated rings. The zero-order valence-electron chi connectivity index (χ0n) is 13.3. The Morgan fingerprint density at radius 2 is 2.13 bits per heavy atom. The normalized spacial score (nSPS) is 11.5. The summed E-state index contributed by atoms with van der Waals surface area (Å²) in [4.78, 5) is 21.4. The van der Waals surface area contributed by atoms with Crippen molar-refractivity contribution in [3.8, 4) is 0 Å². The van der Waals surface area contributed by atoms with Crippen molar-refractivity contribution in [1.29, 1.82) is 0 Å². The second-order valence-electron chi connectivity index (χ2n) is 5.80. The van der Waals surface area contributed by atoms with Crippen LogP contribution < -0.4 is 11.1 Å². The zero-order chi connectivity index (χ0) is 17.6. The predicted molar refractivity (Wildman–Crippen MR) is 85.4 cm³/mol. The molecule has 7 nitrogen and oxygen atoms in total. The quantitative estimate of drug-likeness (QED) is 0.374. The molecular formula is C15H20FN3O4. The first-order valence-electron chi connectivity index (χ1n) is 6.97. The van der Waals surface area contributed by atoms with Crippen LogP contribution in [0.4, 0.5) is 20.6 Å². The smallest absolute Gasteiger partial charge is 0.407 e. The highest BCUT2D eigenvalue weighted by Crippen LogP contribution is 2.27. The molecule has 0 unspecified atom stereocenters. The number of benzene rings is 1. The topological polar surface area (TPSA) is 107 Å². The van der Waals surface area contributed by atoms with E-state index in [0.717, 1.165) is 12.1 Å². The Kier molecular flexibility index (Phi) is 6.06. The van der Waals surface area contributed by atoms with E-state index in [1.165, 1.54) is 6.08 Å². The number of alkyl carbamates (subject to hydrolysis) is 1. The summed E-state index contributed by atoms with van der Waals surface area (Å²) < 4.78 is 18.4. The van der Waals surface area contributed by atoms with Gasteiger partial charge >= 0.3 is 6.09 Å². The fourth-order valence-corrected chi connectivity index (χ4v) is 1.70. The van der Waals surface area contributed by atoms with Crippen molar-refractivity contribution in [2.45, 2.75) is 32.8 Å². The van der Waals surface area contributed by atoms with Crippen molar-refractivity contribution in [3.63, 3.8) is 0 Å². The molecule has 1 amide bonds. The van der Waals surface area contributed by atoms with Gasteiger partial charge in [-0.3, -0.25) is 10.1 Å². The van der Waals surface area contributed by atoms with E-state index in [9.17, 15) is 19.3 Å². The summed E-state index contributed by atoms with van der Waals surface area (Å²) in [5.74, 6) is -0.738. The maximum Gasteiger partial charge on any atom is 0.407 e. The van der Waals surface area contributed by atoms with E-state index in [1.807, 2.05) is 0 Å². The second kappa shape index (κ2) is 7.57. The average molecular weight is 325 g/mol. The van der Waals surface area contributed by atoms with Crippen molar-refractivity contribution in [2.24, 2.45) is 0 Å². The number of nitro groups is 1. The molecule has 0 saturated heterocycles. The van der Waals surface area contributed by atoms with Gasteiger partial charge in [0.1, 0.15) is 17.1 Å². The fourth-order valence-electron chi connectivity index (χ4n) is 1.70. The number of hydrogen-bond acceptors (Lipinski definition) is 5. The van der Waals surface area contributed by atoms with Gasteiger partial charge in [-0.05, 0) is 33.3 Å². The van der Waals surface area contributed by atoms with Crippen LogP contribution in [-0.2, 0) is 4.74 Å². The summed E-state index contributed by atoms with van der Waals surface area (Å²) in [6.45, 7) is 5.58. The number of carbonyl (C=O) groups is 1. The van der Waals surface area contributed by atoms with Crippen LogP contribution in [0.15, 0.2) is 18.2 Å². The lowest BCUT2D eigenvalue weighted by Crippen LogP contribution is -2.32. The third kappa shape index (κ3) is 6.33. The van der Waals surface area contributed by atoms with E-state index < -0.39 is 28.1 Å². The second-order valence-corrected chi connectivity index (χ2v) is 5.80. The Labute approximate surface area is 133 Å². The molecule has 23 heavy (non-hydrogen) atoms. The van der Waals surface area contributed by atoms with Gasteiger partial charge in [0.2, 0.25) is 0 Å². The highest BCUT2D eigenvalue weighted by molar-refractivity contribution is 5.73. The highest BCUT2D eigenvalue weighted by atomic mass is 19.1. The standard InChI is InChI=1S/C15H20FN3O4/c1-15(2,3)23-14(20)18-7-5-4-6-10-8-11(16)9-12(13(10)17)19(21)22/h4,6,8-9H,5,7,17H2,1-3H3,(H,18,20). The molecule has 126 valence electrons. The van der Waals surface area contributed by atoms with Crippen LogP contribution in [-0.4, -0.2) is 23.2 Å². The molecule has 1 rings (SSSR count). The number of hydrogen-bond donors (Lipinski definition) is 2. The summed E-state index contributed by atoms with van der Waals surface area (Å²) in [5.41, 5.74) is 4.70. The van der Waals surface area contributed by atoms with Crippen LogP contribution in [0.1, 0.15) is 32.8 Å². The van der Waals surface area contributed by atoms with Crippen molar-refractivity contribution in [1.82, 2.24) is 5.32 Å². The Morgan fingerprint density at radius 1 is 1.48 bits per heavy atom. The van der Waals surface area contributed by atoms with Gasteiger partial charge < -0.3 is 15.8 Å². The fraction of sp³-hybridized carbons (Fsp3) is 0.400. The number of halogens is 1. The Balaban J connectivity index is 2.59. The van der Waals surface area contributed by atoms with Gasteiger partial charge in [-0.15, -0.1) is 0 Å². The summed E-state index contributed by atoms with van der Waals surface area (Å²) in [6.07, 6.45) is 3.00. The Morgan fingerprint density at radius 3 is 2.70 bits per heavy atom. The summed E-state index contributed by atoms with van der Waals surface area (Å²) >= 11 is 0. The molecule has 0 aliphatic rings. The molecule has 0 aliphatic heterocycles. The van der Waals surface area contributed by atoms with Crippen molar-refractivity contribution < 1.29 is 18.8 Å². The number of rotatable bonds is 5. The molecule has 0 spiro atoms. The molecule has 0 aliphatic carbocycles. The lowest BCUT2D eigenvalue weighted by Gasteiger charge is -2.19. The van der Waals surface area contributed by atoms with Crippen molar-refractivity contribution in [3.05, 3.63) is 39.7 Å². The first kappa shape index (κ1) is 18.4. The van der Waals surface area contributed by atoms with E-state index in [2.05, 4.69) is 5.32 Å². The van der Waals surface area contributed by atoms with E-state index >= 15 is 0 Å². The largest absolute Gasteiger partial charge is 0.444 e. The molecule has 0 atom stereocenters. The molecule has 0 saturated carbocycles. The minimum absolute atomic E-state index is 0.104. The number of carbonyl (C=O) groups excluding carboxylic acids is 1. The maximum atomic E-state index is 13.3. The van der Waals surface area contributed by atoms with Crippen LogP contribution in [0.3, 0.4) is 0 Å². The van der Waals surface area contributed by atoms with Crippen molar-refractivity contribution >= 4 is 23.5 Å². The van der Waals surface area contributed by atoms with Gasteiger partial charge in [0.25, 0.3) is 5.69 Å². The number of nitrogens with zero attached hydrogens (tertiary/aromatic N) is 1. The van der Waals surface area contributed by atoms with Crippen LogP contribution >= 0.6 is 0 Å². The molecular weight excluding hydrogens is 305 g/mol. The SMILES string of the molecule is CC(C)(C)OC(=O)NCCC=Cc1cc(F)cc([N+](=O)[O-])c1N. The first-order chi connectivity index (χ1) is 10.6. The monoisotopic (exact) mass is 325 g/mol. The van der Waals surface area contributed by atoms with E-state index in [1.54, 1.807) is 26.8 Å². The lowest BCUT2D eigenvalue weighted by molar-refractivity contribution is -0.384. The molecule has 0 radical (unpaired) electrons. The van der Waals surface area contributed by atoms with Crippen LogP contribution in [0.5, 0.6) is 0 Å². The van der Waals surface area contributed by atoms with Gasteiger partial charge in [0, 0.05) is 12.1 Å². The number of ether oxygens (including phenoxy) is 1. The summed E-state index contributed by atoms with van der Waals surface area (Å²) in [5, 5.41) is 13.3. The summed E-state index contributed by atoms with van der Waals surface area (Å²) in [6, 6.07) is 1.89.